The molecule has 6 nitrogen and oxygen atoms in total. The van der Waals surface area contributed by atoms with Crippen LogP contribution in [0.3, 0.4) is 0 Å². The maximum atomic E-state index is 10.5. The van der Waals surface area contributed by atoms with E-state index in [1.807, 2.05) is 6.07 Å². The van der Waals surface area contributed by atoms with Crippen LogP contribution >= 0.6 is 0 Å². The molecule has 0 saturated heterocycles. The van der Waals surface area contributed by atoms with E-state index in [1.165, 1.54) is 0 Å². The first kappa shape index (κ1) is 9.45. The van der Waals surface area contributed by atoms with Gasteiger partial charge in [-0.2, -0.15) is 0 Å². The number of fused-ring (bicyclic) bond motifs is 1. The molecule has 0 unspecified atom stereocenters. The van der Waals surface area contributed by atoms with Gasteiger partial charge in [0.2, 0.25) is 0 Å². The molecular formula is C9H10N4O2. The van der Waals surface area contributed by atoms with Crippen LogP contribution < -0.4 is 5.32 Å². The van der Waals surface area contributed by atoms with Gasteiger partial charge in [0.15, 0.2) is 5.65 Å². The lowest BCUT2D eigenvalue weighted by atomic mass is 10.4. The van der Waals surface area contributed by atoms with Crippen molar-refractivity contribution in [2.24, 2.45) is 0 Å². The number of rotatable bonds is 3. The molecule has 0 aliphatic rings. The number of carboxylic acid groups (broad SMARTS) is 1. The minimum Gasteiger partial charge on any atom is -0.481 e. The standard InChI is InChI=1S/C9H10N4O2/c1-10-6-3-2-5-9(12-6)13-7(11-5)4-8(14)15/h2-3H,4H2,1H3,(H,14,15)(H2,10,11,12,13). The molecular weight excluding hydrogens is 196 g/mol. The topological polar surface area (TPSA) is 90.9 Å². The molecule has 2 aromatic heterocycles. The third-order valence-electron chi connectivity index (χ3n) is 1.97. The van der Waals surface area contributed by atoms with Gasteiger partial charge in [-0.15, -0.1) is 0 Å². The number of aliphatic carboxylic acids is 1. The van der Waals surface area contributed by atoms with Crippen molar-refractivity contribution < 1.29 is 9.90 Å². The third-order valence-corrected chi connectivity index (χ3v) is 1.97. The Labute approximate surface area is 85.4 Å². The van der Waals surface area contributed by atoms with Gasteiger partial charge in [-0.1, -0.05) is 0 Å². The highest BCUT2D eigenvalue weighted by Crippen LogP contribution is 2.12. The molecule has 0 fully saturated rings. The summed E-state index contributed by atoms with van der Waals surface area (Å²) in [5.41, 5.74) is 1.27. The number of carbonyl (C=O) groups is 1. The van der Waals surface area contributed by atoms with Crippen molar-refractivity contribution in [3.05, 3.63) is 18.0 Å². The first-order valence-electron chi connectivity index (χ1n) is 4.44. The lowest BCUT2D eigenvalue weighted by Crippen LogP contribution is -2.01. The van der Waals surface area contributed by atoms with Crippen molar-refractivity contribution in [2.45, 2.75) is 6.42 Å². The van der Waals surface area contributed by atoms with Gasteiger partial charge in [0.05, 0.1) is 5.52 Å². The van der Waals surface area contributed by atoms with Crippen molar-refractivity contribution in [3.8, 4) is 0 Å². The molecule has 0 aliphatic carbocycles. The largest absolute Gasteiger partial charge is 0.481 e. The number of H-pyrrole nitrogens is 1. The second-order valence-electron chi connectivity index (χ2n) is 3.07. The molecule has 0 atom stereocenters. The molecule has 2 heterocycles. The zero-order chi connectivity index (χ0) is 10.8. The summed E-state index contributed by atoms with van der Waals surface area (Å²) in [6.07, 6.45) is -0.120. The first-order valence-corrected chi connectivity index (χ1v) is 4.44. The number of carboxylic acids is 1. The summed E-state index contributed by atoms with van der Waals surface area (Å²) in [5, 5.41) is 11.5. The van der Waals surface area contributed by atoms with Crippen molar-refractivity contribution in [1.29, 1.82) is 0 Å². The average Bonchev–Trinajstić information content (AvgIpc) is 2.57. The number of nitrogens with zero attached hydrogens (tertiary/aromatic N) is 2. The Kier molecular flexibility index (Phi) is 2.24. The fraction of sp³-hybridized carbons (Fsp3) is 0.222. The molecule has 0 aromatic carbocycles. The molecule has 78 valence electrons. The van der Waals surface area contributed by atoms with E-state index in [4.69, 9.17) is 5.11 Å². The molecule has 6 heteroatoms. The summed E-state index contributed by atoms with van der Waals surface area (Å²) in [6.45, 7) is 0. The Morgan fingerprint density at radius 3 is 3.00 bits per heavy atom. The van der Waals surface area contributed by atoms with Crippen LogP contribution in [0.5, 0.6) is 0 Å². The van der Waals surface area contributed by atoms with Gasteiger partial charge in [-0.3, -0.25) is 4.79 Å². The van der Waals surface area contributed by atoms with Gasteiger partial charge in [-0.05, 0) is 12.1 Å². The predicted molar refractivity (Wildman–Crippen MR) is 54.8 cm³/mol. The lowest BCUT2D eigenvalue weighted by Gasteiger charge is -1.95. The van der Waals surface area contributed by atoms with Crippen molar-refractivity contribution in [1.82, 2.24) is 15.0 Å². The van der Waals surface area contributed by atoms with Crippen LogP contribution in [0.1, 0.15) is 5.82 Å². The van der Waals surface area contributed by atoms with Gasteiger partial charge >= 0.3 is 5.97 Å². The van der Waals surface area contributed by atoms with Gasteiger partial charge in [0.1, 0.15) is 18.1 Å². The minimum absolute atomic E-state index is 0.120. The van der Waals surface area contributed by atoms with Crippen LogP contribution in [-0.4, -0.2) is 33.1 Å². The lowest BCUT2D eigenvalue weighted by molar-refractivity contribution is -0.136. The third kappa shape index (κ3) is 1.88. The Balaban J connectivity index is 2.42. The molecule has 0 bridgehead atoms. The quantitative estimate of drug-likeness (QED) is 0.685. The number of aromatic nitrogens is 3. The summed E-state index contributed by atoms with van der Waals surface area (Å²) >= 11 is 0. The van der Waals surface area contributed by atoms with Gasteiger partial charge in [-0.25, -0.2) is 9.97 Å². The van der Waals surface area contributed by atoms with E-state index in [2.05, 4.69) is 20.3 Å². The number of nitrogens with one attached hydrogen (secondary N) is 2. The normalized spacial score (nSPS) is 10.5. The molecule has 15 heavy (non-hydrogen) atoms. The van der Waals surface area contributed by atoms with E-state index in [9.17, 15) is 4.79 Å². The van der Waals surface area contributed by atoms with E-state index in [0.717, 1.165) is 5.52 Å². The Hall–Kier alpha value is -2.11. The van der Waals surface area contributed by atoms with Crippen LogP contribution in [-0.2, 0) is 11.2 Å². The van der Waals surface area contributed by atoms with Crippen LogP contribution in [0.2, 0.25) is 0 Å². The first-order chi connectivity index (χ1) is 7.19. The highest BCUT2D eigenvalue weighted by Gasteiger charge is 2.07. The Bertz CT molecular complexity index is 506. The van der Waals surface area contributed by atoms with Crippen molar-refractivity contribution in [2.75, 3.05) is 12.4 Å². The molecule has 0 aliphatic heterocycles. The molecule has 3 N–H and O–H groups in total. The highest BCUT2D eigenvalue weighted by molar-refractivity contribution is 5.75. The number of aromatic amines is 1. The summed E-state index contributed by atoms with van der Waals surface area (Å²) in [5.74, 6) is 0.206. The summed E-state index contributed by atoms with van der Waals surface area (Å²) < 4.78 is 0. The van der Waals surface area contributed by atoms with Crippen LogP contribution in [0.4, 0.5) is 5.82 Å². The summed E-state index contributed by atoms with van der Waals surface area (Å²) in [6, 6.07) is 3.61. The van der Waals surface area contributed by atoms with Crippen LogP contribution in [0, 0.1) is 0 Å². The maximum Gasteiger partial charge on any atom is 0.311 e. The van der Waals surface area contributed by atoms with E-state index < -0.39 is 5.97 Å². The second kappa shape index (κ2) is 3.56. The fourth-order valence-electron chi connectivity index (χ4n) is 1.31. The van der Waals surface area contributed by atoms with Crippen LogP contribution in [0.25, 0.3) is 11.2 Å². The number of hydrogen-bond acceptors (Lipinski definition) is 4. The van der Waals surface area contributed by atoms with Gasteiger partial charge < -0.3 is 15.4 Å². The minimum atomic E-state index is -0.914. The molecule has 0 radical (unpaired) electrons. The fourth-order valence-corrected chi connectivity index (χ4v) is 1.31. The highest BCUT2D eigenvalue weighted by atomic mass is 16.4. The maximum absolute atomic E-state index is 10.5. The Morgan fingerprint density at radius 2 is 2.33 bits per heavy atom. The molecule has 0 saturated carbocycles. The predicted octanol–water partition coefficient (Wildman–Crippen LogP) is 0.627. The number of imidazole rings is 1. The van der Waals surface area contributed by atoms with Gasteiger partial charge in [0, 0.05) is 7.05 Å². The number of pyridine rings is 1. The van der Waals surface area contributed by atoms with Crippen molar-refractivity contribution in [3.63, 3.8) is 0 Å². The molecule has 0 spiro atoms. The SMILES string of the molecule is CNc1ccc2[nH]c(CC(=O)O)nc2n1. The summed E-state index contributed by atoms with van der Waals surface area (Å²) in [4.78, 5) is 21.6. The second-order valence-corrected chi connectivity index (χ2v) is 3.07. The summed E-state index contributed by atoms with van der Waals surface area (Å²) in [7, 11) is 1.76. The zero-order valence-corrected chi connectivity index (χ0v) is 8.11. The smallest absolute Gasteiger partial charge is 0.311 e. The van der Waals surface area contributed by atoms with E-state index in [-0.39, 0.29) is 6.42 Å². The van der Waals surface area contributed by atoms with Crippen LogP contribution in [0.15, 0.2) is 12.1 Å². The average molecular weight is 206 g/mol. The van der Waals surface area contributed by atoms with E-state index in [1.54, 1.807) is 13.1 Å². The van der Waals surface area contributed by atoms with E-state index in [0.29, 0.717) is 17.3 Å². The van der Waals surface area contributed by atoms with Gasteiger partial charge in [0.25, 0.3) is 0 Å². The molecule has 2 aromatic rings. The molecule has 2 rings (SSSR count). The Morgan fingerprint density at radius 1 is 1.53 bits per heavy atom. The molecule has 0 amide bonds. The number of hydrogen-bond donors (Lipinski definition) is 3. The van der Waals surface area contributed by atoms with E-state index >= 15 is 0 Å². The monoisotopic (exact) mass is 206 g/mol. The number of anilines is 1. The zero-order valence-electron chi connectivity index (χ0n) is 8.11. The van der Waals surface area contributed by atoms with Crippen molar-refractivity contribution >= 4 is 23.0 Å².